The first-order valence-electron chi connectivity index (χ1n) is 8.55. The summed E-state index contributed by atoms with van der Waals surface area (Å²) >= 11 is 9.11. The molecule has 2 nitrogen and oxygen atoms in total. The van der Waals surface area contributed by atoms with Crippen molar-refractivity contribution >= 4 is 23.2 Å². The monoisotopic (exact) mass is 461 g/mol. The second-order valence-electron chi connectivity index (χ2n) is 6.18. The maximum absolute atomic E-state index is 6.38. The summed E-state index contributed by atoms with van der Waals surface area (Å²) in [7, 11) is 0. The molecule has 0 spiro atoms. The van der Waals surface area contributed by atoms with Gasteiger partial charge in [-0.1, -0.05) is 0 Å². The number of halogens is 2. The van der Waals surface area contributed by atoms with Gasteiger partial charge in [0.15, 0.2) is 0 Å². The van der Waals surface area contributed by atoms with Gasteiger partial charge in [0.05, 0.1) is 0 Å². The van der Waals surface area contributed by atoms with Gasteiger partial charge < -0.3 is 0 Å². The molecular formula is C21H17Cl2O2Zr. The number of fused-ring (bicyclic) bond motifs is 1. The molecule has 2 aliphatic carbocycles. The Bertz CT molecular complexity index is 836. The van der Waals surface area contributed by atoms with E-state index in [0.29, 0.717) is 10.0 Å². The Labute approximate surface area is 172 Å². The molecule has 2 aromatic rings. The van der Waals surface area contributed by atoms with Crippen LogP contribution < -0.4 is 5.63 Å². The molecule has 131 valence electrons. The van der Waals surface area contributed by atoms with Crippen molar-refractivity contribution in [1.82, 2.24) is 0 Å². The quantitative estimate of drug-likeness (QED) is 0.484. The molecule has 0 aliphatic heterocycles. The van der Waals surface area contributed by atoms with Crippen LogP contribution in [-0.2, 0) is 22.6 Å². The van der Waals surface area contributed by atoms with E-state index in [9.17, 15) is 0 Å². The van der Waals surface area contributed by atoms with Crippen LogP contribution in [-0.4, -0.2) is 0 Å². The third kappa shape index (κ3) is 4.17. The molecule has 0 atom stereocenters. The van der Waals surface area contributed by atoms with Crippen molar-refractivity contribution in [1.29, 1.82) is 0 Å². The molecule has 0 saturated heterocycles. The third-order valence-electron chi connectivity index (χ3n) is 4.37. The Morgan fingerprint density at radius 2 is 1.35 bits per heavy atom. The molecule has 0 fully saturated rings. The Hall–Kier alpha value is -1.28. The molecule has 0 amide bonds. The van der Waals surface area contributed by atoms with Gasteiger partial charge in [-0.25, -0.2) is 0 Å². The fraction of sp³-hybridized carbons (Fsp3) is 0.143. The second-order valence-corrected chi connectivity index (χ2v) is 10.8. The molecule has 0 radical (unpaired) electrons. The van der Waals surface area contributed by atoms with Crippen molar-refractivity contribution in [2.75, 3.05) is 0 Å². The molecule has 0 bridgehead atoms. The Kier molecular flexibility index (Phi) is 5.69. The number of hydrogen-bond donors (Lipinski definition) is 0. The van der Waals surface area contributed by atoms with Crippen molar-refractivity contribution in [2.45, 2.75) is 19.3 Å². The van der Waals surface area contributed by atoms with Gasteiger partial charge in [-0.3, -0.25) is 0 Å². The van der Waals surface area contributed by atoms with Crippen molar-refractivity contribution in [3.05, 3.63) is 91.2 Å². The molecular weight excluding hydrogens is 446 g/mol. The van der Waals surface area contributed by atoms with Crippen LogP contribution in [0, 0.1) is 0 Å². The van der Waals surface area contributed by atoms with E-state index in [1.54, 1.807) is 0 Å². The topological polar surface area (TPSA) is 18.5 Å². The van der Waals surface area contributed by atoms with E-state index < -0.39 is 22.6 Å². The summed E-state index contributed by atoms with van der Waals surface area (Å²) in [4.78, 5) is 0. The van der Waals surface area contributed by atoms with Gasteiger partial charge in [0.1, 0.15) is 0 Å². The predicted octanol–water partition coefficient (Wildman–Crippen LogP) is 6.83. The summed E-state index contributed by atoms with van der Waals surface area (Å²) in [5.41, 5.74) is 2.73. The summed E-state index contributed by atoms with van der Waals surface area (Å²) in [5, 5.41) is 1.39. The Balaban J connectivity index is 1.66. The number of hydrogen-bond acceptors (Lipinski definition) is 2. The summed E-state index contributed by atoms with van der Waals surface area (Å²) < 4.78 is 14.0. The predicted molar refractivity (Wildman–Crippen MR) is 102 cm³/mol. The molecule has 26 heavy (non-hydrogen) atoms. The number of allylic oxidation sites excluding steroid dienone is 6. The molecule has 2 aliphatic rings. The molecule has 5 heteroatoms. The van der Waals surface area contributed by atoms with Gasteiger partial charge in [-0.2, -0.15) is 0 Å². The van der Waals surface area contributed by atoms with Crippen LogP contribution in [0.1, 0.15) is 19.3 Å². The van der Waals surface area contributed by atoms with Crippen LogP contribution in [0.25, 0.3) is 0 Å². The average molecular weight is 463 g/mol. The fourth-order valence-electron chi connectivity index (χ4n) is 3.08. The Morgan fingerprint density at radius 3 is 1.92 bits per heavy atom. The van der Waals surface area contributed by atoms with Crippen LogP contribution in [0.3, 0.4) is 0 Å². The van der Waals surface area contributed by atoms with Crippen LogP contribution in [0.4, 0.5) is 0 Å². The maximum atomic E-state index is 6.38. The SMILES string of the molecule is Clc1ccc([O][Zr]([O]c2ccc(Cl)cc2)[C]2=C3CCCC=C3C=C2)cc1. The second kappa shape index (κ2) is 8.17. The first-order valence-corrected chi connectivity index (χ1v) is 12.5. The van der Waals surface area contributed by atoms with Crippen LogP contribution in [0.15, 0.2) is 81.2 Å². The first-order chi connectivity index (χ1) is 12.7. The van der Waals surface area contributed by atoms with Gasteiger partial charge in [-0.15, -0.1) is 0 Å². The van der Waals surface area contributed by atoms with Crippen LogP contribution in [0.2, 0.25) is 10.0 Å². The normalized spacial score (nSPS) is 15.5. The average Bonchev–Trinajstić information content (AvgIpc) is 3.09. The zero-order valence-corrected chi connectivity index (χ0v) is 18.0. The molecule has 0 N–H and O–H groups in total. The van der Waals surface area contributed by atoms with E-state index >= 15 is 0 Å². The van der Waals surface area contributed by atoms with E-state index in [0.717, 1.165) is 24.3 Å². The molecule has 0 saturated carbocycles. The minimum absolute atomic E-state index is 0.696. The van der Waals surface area contributed by atoms with Gasteiger partial charge in [0, 0.05) is 0 Å². The van der Waals surface area contributed by atoms with Crippen molar-refractivity contribution in [3.63, 3.8) is 0 Å². The minimum atomic E-state index is -2.89. The third-order valence-corrected chi connectivity index (χ3v) is 9.17. The van der Waals surface area contributed by atoms with Crippen molar-refractivity contribution < 1.29 is 28.3 Å². The summed E-state index contributed by atoms with van der Waals surface area (Å²) in [6, 6.07) is 15.0. The van der Waals surface area contributed by atoms with Crippen molar-refractivity contribution in [3.8, 4) is 11.5 Å². The van der Waals surface area contributed by atoms with Gasteiger partial charge in [0.25, 0.3) is 0 Å². The summed E-state index contributed by atoms with van der Waals surface area (Å²) in [6.45, 7) is 0. The summed E-state index contributed by atoms with van der Waals surface area (Å²) in [5.74, 6) is 1.60. The molecule has 2 aromatic carbocycles. The van der Waals surface area contributed by atoms with E-state index in [4.69, 9.17) is 28.8 Å². The van der Waals surface area contributed by atoms with E-state index in [1.807, 2.05) is 48.5 Å². The van der Waals surface area contributed by atoms with Gasteiger partial charge >= 0.3 is 173 Å². The fourth-order valence-corrected chi connectivity index (χ4v) is 7.50. The standard InChI is InChI=1S/C9H9.2C6H5ClO.Zr/c1-2-5-9-7-3-6-8(9)4-1;2*7-5-1-3-6(8)4-2-5;/h3-4,6H,1-2,5H2;2*1-4,8H;/q;;;+2/p-2. The van der Waals surface area contributed by atoms with E-state index in [1.165, 1.54) is 20.8 Å². The van der Waals surface area contributed by atoms with Crippen LogP contribution in [0.5, 0.6) is 11.5 Å². The Morgan fingerprint density at radius 1 is 0.769 bits per heavy atom. The molecule has 4 rings (SSSR count). The number of benzene rings is 2. The molecule has 0 unspecified atom stereocenters. The van der Waals surface area contributed by atoms with Crippen LogP contribution >= 0.6 is 23.2 Å². The van der Waals surface area contributed by atoms with E-state index in [-0.39, 0.29) is 0 Å². The first kappa shape index (κ1) is 18.1. The van der Waals surface area contributed by atoms with Gasteiger partial charge in [-0.05, 0) is 0 Å². The summed E-state index contributed by atoms with van der Waals surface area (Å²) in [6.07, 6.45) is 10.1. The zero-order valence-electron chi connectivity index (χ0n) is 14.0. The zero-order chi connectivity index (χ0) is 17.9. The van der Waals surface area contributed by atoms with E-state index in [2.05, 4.69) is 18.2 Å². The van der Waals surface area contributed by atoms with Crippen molar-refractivity contribution in [2.24, 2.45) is 0 Å². The molecule has 0 heterocycles. The van der Waals surface area contributed by atoms with Gasteiger partial charge in [0.2, 0.25) is 0 Å². The molecule has 0 aromatic heterocycles. The number of rotatable bonds is 5.